The first kappa shape index (κ1) is 11.7. The van der Waals surface area contributed by atoms with Crippen molar-refractivity contribution < 1.29 is 0 Å². The van der Waals surface area contributed by atoms with Crippen molar-refractivity contribution in [2.24, 2.45) is 5.73 Å². The lowest BCUT2D eigenvalue weighted by Crippen LogP contribution is -1.96. The molecular formula is C11H23N. The molecule has 0 aliphatic carbocycles. The SMILES string of the molecule is CCCCC/C=C\CCCCN. The van der Waals surface area contributed by atoms with Gasteiger partial charge in [-0.25, -0.2) is 0 Å². The highest BCUT2D eigenvalue weighted by Gasteiger charge is 1.83. The van der Waals surface area contributed by atoms with E-state index in [0.29, 0.717) is 0 Å². The molecule has 0 aromatic carbocycles. The lowest BCUT2D eigenvalue weighted by molar-refractivity contribution is 0.723. The zero-order valence-electron chi connectivity index (χ0n) is 8.39. The molecule has 0 spiro atoms. The van der Waals surface area contributed by atoms with Crippen LogP contribution in [0.2, 0.25) is 0 Å². The van der Waals surface area contributed by atoms with Crippen molar-refractivity contribution in [1.29, 1.82) is 0 Å². The Hall–Kier alpha value is -0.300. The van der Waals surface area contributed by atoms with Crippen LogP contribution in [0.5, 0.6) is 0 Å². The lowest BCUT2D eigenvalue weighted by atomic mass is 10.1. The van der Waals surface area contributed by atoms with E-state index in [1.807, 2.05) is 0 Å². The largest absolute Gasteiger partial charge is 0.330 e. The van der Waals surface area contributed by atoms with Gasteiger partial charge < -0.3 is 5.73 Å². The predicted octanol–water partition coefficient (Wildman–Crippen LogP) is 3.25. The van der Waals surface area contributed by atoms with Gasteiger partial charge >= 0.3 is 0 Å². The molecule has 0 amide bonds. The van der Waals surface area contributed by atoms with Gasteiger partial charge in [0.1, 0.15) is 0 Å². The van der Waals surface area contributed by atoms with Crippen LogP contribution in [0.25, 0.3) is 0 Å². The molecule has 72 valence electrons. The quantitative estimate of drug-likeness (QED) is 0.438. The summed E-state index contributed by atoms with van der Waals surface area (Å²) in [6.45, 7) is 3.08. The van der Waals surface area contributed by atoms with Gasteiger partial charge in [0.25, 0.3) is 0 Å². The minimum absolute atomic E-state index is 0.837. The highest BCUT2D eigenvalue weighted by atomic mass is 14.5. The van der Waals surface area contributed by atoms with Crippen molar-refractivity contribution in [1.82, 2.24) is 0 Å². The third-order valence-corrected chi connectivity index (χ3v) is 1.97. The minimum atomic E-state index is 0.837. The van der Waals surface area contributed by atoms with E-state index in [-0.39, 0.29) is 0 Å². The van der Waals surface area contributed by atoms with E-state index in [2.05, 4.69) is 19.1 Å². The molecule has 0 saturated carbocycles. The van der Waals surface area contributed by atoms with Gasteiger partial charge in [-0.15, -0.1) is 0 Å². The lowest BCUT2D eigenvalue weighted by Gasteiger charge is -1.93. The second-order valence-electron chi connectivity index (χ2n) is 3.25. The maximum atomic E-state index is 5.38. The van der Waals surface area contributed by atoms with Gasteiger partial charge in [0.05, 0.1) is 0 Å². The molecule has 12 heavy (non-hydrogen) atoms. The molecule has 0 aromatic heterocycles. The van der Waals surface area contributed by atoms with E-state index in [1.54, 1.807) is 0 Å². The predicted molar refractivity (Wildman–Crippen MR) is 56.2 cm³/mol. The molecule has 2 N–H and O–H groups in total. The molecule has 0 heterocycles. The number of hydrogen-bond acceptors (Lipinski definition) is 1. The van der Waals surface area contributed by atoms with Crippen molar-refractivity contribution in [3.05, 3.63) is 12.2 Å². The molecule has 0 atom stereocenters. The molecule has 0 bridgehead atoms. The Bertz CT molecular complexity index is 85.2. The second-order valence-corrected chi connectivity index (χ2v) is 3.25. The number of rotatable bonds is 8. The first-order valence-corrected chi connectivity index (χ1v) is 5.27. The molecule has 0 rings (SSSR count). The minimum Gasteiger partial charge on any atom is -0.330 e. The van der Waals surface area contributed by atoms with Crippen LogP contribution < -0.4 is 5.73 Å². The molecule has 0 unspecified atom stereocenters. The summed E-state index contributed by atoms with van der Waals surface area (Å²) >= 11 is 0. The topological polar surface area (TPSA) is 26.0 Å². The molecule has 0 radical (unpaired) electrons. The normalized spacial score (nSPS) is 11.2. The Morgan fingerprint density at radius 2 is 1.50 bits per heavy atom. The smallest absolute Gasteiger partial charge is 0.00772 e. The van der Waals surface area contributed by atoms with Gasteiger partial charge in [-0.3, -0.25) is 0 Å². The zero-order chi connectivity index (χ0) is 9.07. The molecule has 1 nitrogen and oxygen atoms in total. The summed E-state index contributed by atoms with van der Waals surface area (Å²) in [7, 11) is 0. The van der Waals surface area contributed by atoms with Gasteiger partial charge in [-0.2, -0.15) is 0 Å². The third kappa shape index (κ3) is 9.70. The summed E-state index contributed by atoms with van der Waals surface area (Å²) in [5.74, 6) is 0. The second kappa shape index (κ2) is 10.7. The van der Waals surface area contributed by atoms with Gasteiger partial charge in [0.2, 0.25) is 0 Å². The maximum Gasteiger partial charge on any atom is -0.00772 e. The summed E-state index contributed by atoms with van der Waals surface area (Å²) in [4.78, 5) is 0. The Labute approximate surface area is 77.0 Å². The van der Waals surface area contributed by atoms with E-state index in [1.165, 1.54) is 44.9 Å². The van der Waals surface area contributed by atoms with E-state index in [9.17, 15) is 0 Å². The van der Waals surface area contributed by atoms with E-state index < -0.39 is 0 Å². The van der Waals surface area contributed by atoms with Crippen LogP contribution in [0.15, 0.2) is 12.2 Å². The van der Waals surface area contributed by atoms with E-state index in [0.717, 1.165) is 6.54 Å². The number of hydrogen-bond donors (Lipinski definition) is 1. The first-order valence-electron chi connectivity index (χ1n) is 5.27. The van der Waals surface area contributed by atoms with Crippen molar-refractivity contribution in [3.63, 3.8) is 0 Å². The van der Waals surface area contributed by atoms with Crippen LogP contribution in [0.1, 0.15) is 51.9 Å². The molecule has 0 fully saturated rings. The standard InChI is InChI=1S/C11H23N/c1-2-3-4-5-6-7-8-9-10-11-12/h6-7H,2-5,8-12H2,1H3/b7-6-. The highest BCUT2D eigenvalue weighted by molar-refractivity contribution is 4.81. The average Bonchev–Trinajstić information content (AvgIpc) is 2.10. The Morgan fingerprint density at radius 3 is 2.00 bits per heavy atom. The average molecular weight is 169 g/mol. The van der Waals surface area contributed by atoms with Crippen LogP contribution >= 0.6 is 0 Å². The number of allylic oxidation sites excluding steroid dienone is 2. The van der Waals surface area contributed by atoms with Crippen molar-refractivity contribution in [2.45, 2.75) is 51.9 Å². The molecule has 0 aromatic rings. The summed E-state index contributed by atoms with van der Waals surface area (Å²) in [6, 6.07) is 0. The molecule has 0 aliphatic rings. The molecular weight excluding hydrogens is 146 g/mol. The monoisotopic (exact) mass is 169 g/mol. The van der Waals surface area contributed by atoms with Gasteiger partial charge in [-0.1, -0.05) is 31.9 Å². The van der Waals surface area contributed by atoms with E-state index >= 15 is 0 Å². The van der Waals surface area contributed by atoms with Gasteiger partial charge in [0, 0.05) is 0 Å². The summed E-state index contributed by atoms with van der Waals surface area (Å²) in [5.41, 5.74) is 5.38. The van der Waals surface area contributed by atoms with Crippen LogP contribution in [-0.2, 0) is 0 Å². The van der Waals surface area contributed by atoms with Crippen LogP contribution in [0.3, 0.4) is 0 Å². The number of unbranched alkanes of at least 4 members (excludes halogenated alkanes) is 5. The molecule has 0 saturated heterocycles. The summed E-state index contributed by atoms with van der Waals surface area (Å²) in [5, 5.41) is 0. The Kier molecular flexibility index (Phi) is 10.4. The fourth-order valence-electron chi connectivity index (χ4n) is 1.15. The van der Waals surface area contributed by atoms with Crippen LogP contribution in [-0.4, -0.2) is 6.54 Å². The highest BCUT2D eigenvalue weighted by Crippen LogP contribution is 2.01. The van der Waals surface area contributed by atoms with Crippen LogP contribution in [0.4, 0.5) is 0 Å². The summed E-state index contributed by atoms with van der Waals surface area (Å²) in [6.07, 6.45) is 13.5. The van der Waals surface area contributed by atoms with Gasteiger partial charge in [-0.05, 0) is 38.6 Å². The van der Waals surface area contributed by atoms with Crippen molar-refractivity contribution in [3.8, 4) is 0 Å². The molecule has 0 aliphatic heterocycles. The van der Waals surface area contributed by atoms with Crippen molar-refractivity contribution >= 4 is 0 Å². The Balaban J connectivity index is 2.93. The fourth-order valence-corrected chi connectivity index (χ4v) is 1.15. The van der Waals surface area contributed by atoms with Gasteiger partial charge in [0.15, 0.2) is 0 Å². The van der Waals surface area contributed by atoms with Crippen LogP contribution in [0, 0.1) is 0 Å². The number of nitrogens with two attached hydrogens (primary N) is 1. The van der Waals surface area contributed by atoms with E-state index in [4.69, 9.17) is 5.73 Å². The fraction of sp³-hybridized carbons (Fsp3) is 0.818. The Morgan fingerprint density at radius 1 is 0.917 bits per heavy atom. The third-order valence-electron chi connectivity index (χ3n) is 1.97. The van der Waals surface area contributed by atoms with Crippen molar-refractivity contribution in [2.75, 3.05) is 6.54 Å². The molecule has 1 heteroatoms. The summed E-state index contributed by atoms with van der Waals surface area (Å²) < 4.78 is 0. The first-order chi connectivity index (χ1) is 5.91. The zero-order valence-corrected chi connectivity index (χ0v) is 8.39. The maximum absolute atomic E-state index is 5.38.